The lowest BCUT2D eigenvalue weighted by molar-refractivity contribution is -0.119. The molecule has 0 aliphatic heterocycles. The zero-order valence-corrected chi connectivity index (χ0v) is 17.1. The first-order valence-corrected chi connectivity index (χ1v) is 11.3. The number of nitrogens with one attached hydrogen (secondary N) is 1. The molecule has 1 amide bonds. The van der Waals surface area contributed by atoms with Gasteiger partial charge in [-0.05, 0) is 55.4 Å². The van der Waals surface area contributed by atoms with Gasteiger partial charge in [-0.2, -0.15) is 0 Å². The number of rotatable bonds is 6. The topological polar surface area (TPSA) is 59.8 Å². The number of fused-ring (bicyclic) bond motifs is 1. The second-order valence-electron chi connectivity index (χ2n) is 7.77. The maximum Gasteiger partial charge on any atom is 0.230 e. The van der Waals surface area contributed by atoms with E-state index in [4.69, 9.17) is 4.98 Å². The van der Waals surface area contributed by atoms with Gasteiger partial charge in [0.15, 0.2) is 0 Å². The lowest BCUT2D eigenvalue weighted by Gasteiger charge is -2.26. The van der Waals surface area contributed by atoms with E-state index in [-0.39, 0.29) is 11.9 Å². The Kier molecular flexibility index (Phi) is 5.10. The minimum Gasteiger partial charge on any atom is -0.349 e. The van der Waals surface area contributed by atoms with Gasteiger partial charge in [-0.1, -0.05) is 54.2 Å². The van der Waals surface area contributed by atoms with Crippen LogP contribution in [0.25, 0.3) is 5.69 Å². The van der Waals surface area contributed by atoms with Crippen molar-refractivity contribution in [1.82, 2.24) is 20.1 Å². The van der Waals surface area contributed by atoms with Crippen molar-refractivity contribution in [3.63, 3.8) is 0 Å². The maximum atomic E-state index is 12.6. The molecule has 1 atom stereocenters. The lowest BCUT2D eigenvalue weighted by atomic mass is 9.88. The number of aryl methyl sites for hydroxylation is 1. The van der Waals surface area contributed by atoms with E-state index < -0.39 is 0 Å². The molecule has 0 radical (unpaired) electrons. The monoisotopic (exact) mass is 404 g/mol. The Morgan fingerprint density at radius 3 is 2.69 bits per heavy atom. The Hall–Kier alpha value is -2.60. The van der Waals surface area contributed by atoms with Crippen LogP contribution in [0.15, 0.2) is 59.8 Å². The molecule has 2 aliphatic carbocycles. The van der Waals surface area contributed by atoms with Gasteiger partial charge in [-0.25, -0.2) is 9.67 Å². The average molecular weight is 405 g/mol. The van der Waals surface area contributed by atoms with Crippen LogP contribution < -0.4 is 5.32 Å². The molecule has 1 aromatic heterocycles. The summed E-state index contributed by atoms with van der Waals surface area (Å²) in [6.07, 6.45) is 5.54. The van der Waals surface area contributed by atoms with Gasteiger partial charge in [0.25, 0.3) is 0 Å². The molecular weight excluding hydrogens is 380 g/mol. The van der Waals surface area contributed by atoms with Crippen LogP contribution in [0.4, 0.5) is 0 Å². The molecule has 2 aromatic carbocycles. The molecule has 0 saturated heterocycles. The third-order valence-electron chi connectivity index (χ3n) is 5.59. The van der Waals surface area contributed by atoms with Crippen molar-refractivity contribution in [3.05, 3.63) is 71.5 Å². The fourth-order valence-electron chi connectivity index (χ4n) is 4.00. The lowest BCUT2D eigenvalue weighted by Crippen LogP contribution is -2.32. The predicted molar refractivity (Wildman–Crippen MR) is 114 cm³/mol. The predicted octanol–water partition coefficient (Wildman–Crippen LogP) is 4.43. The molecule has 1 saturated carbocycles. The number of amides is 1. The summed E-state index contributed by atoms with van der Waals surface area (Å²) in [5.74, 6) is 1.88. The largest absolute Gasteiger partial charge is 0.349 e. The van der Waals surface area contributed by atoms with Crippen molar-refractivity contribution in [3.8, 4) is 5.69 Å². The van der Waals surface area contributed by atoms with Crippen LogP contribution in [0.5, 0.6) is 0 Å². The van der Waals surface area contributed by atoms with E-state index in [0.29, 0.717) is 16.8 Å². The highest BCUT2D eigenvalue weighted by Gasteiger charge is 2.30. The Morgan fingerprint density at radius 2 is 1.86 bits per heavy atom. The van der Waals surface area contributed by atoms with Gasteiger partial charge in [0.1, 0.15) is 5.82 Å². The van der Waals surface area contributed by atoms with Crippen LogP contribution >= 0.6 is 11.8 Å². The van der Waals surface area contributed by atoms with E-state index in [1.54, 1.807) is 0 Å². The molecule has 6 heteroatoms. The van der Waals surface area contributed by atoms with E-state index in [1.807, 2.05) is 35.0 Å². The molecule has 1 fully saturated rings. The van der Waals surface area contributed by atoms with Crippen LogP contribution in [-0.4, -0.2) is 26.4 Å². The van der Waals surface area contributed by atoms with Crippen molar-refractivity contribution >= 4 is 17.7 Å². The van der Waals surface area contributed by atoms with Gasteiger partial charge in [0, 0.05) is 5.92 Å². The first-order valence-electron chi connectivity index (χ1n) is 10.3. The van der Waals surface area contributed by atoms with Crippen LogP contribution in [0.1, 0.15) is 54.6 Å². The minimum atomic E-state index is 0.0423. The molecule has 3 aromatic rings. The normalized spacial score (nSPS) is 18.3. The Balaban J connectivity index is 1.26. The number of aromatic nitrogens is 3. The first-order chi connectivity index (χ1) is 14.3. The molecule has 29 heavy (non-hydrogen) atoms. The third kappa shape index (κ3) is 4.08. The number of benzene rings is 2. The average Bonchev–Trinajstić information content (AvgIpc) is 3.52. The third-order valence-corrected chi connectivity index (χ3v) is 6.43. The molecule has 5 rings (SSSR count). The first kappa shape index (κ1) is 18.4. The van der Waals surface area contributed by atoms with Crippen molar-refractivity contribution in [2.75, 3.05) is 5.75 Å². The summed E-state index contributed by atoms with van der Waals surface area (Å²) < 4.78 is 1.94. The number of carbonyl (C=O) groups excluding carboxylic acids is 1. The van der Waals surface area contributed by atoms with Crippen molar-refractivity contribution in [2.45, 2.75) is 49.2 Å². The molecular formula is C23H24N4OS. The van der Waals surface area contributed by atoms with Crippen LogP contribution in [-0.2, 0) is 11.2 Å². The van der Waals surface area contributed by atoms with Gasteiger partial charge >= 0.3 is 0 Å². The van der Waals surface area contributed by atoms with E-state index in [0.717, 1.165) is 43.6 Å². The molecule has 0 spiro atoms. The molecule has 0 unspecified atom stereocenters. The summed E-state index contributed by atoms with van der Waals surface area (Å²) in [6, 6.07) is 18.7. The molecule has 2 aliphatic rings. The quantitative estimate of drug-likeness (QED) is 0.618. The van der Waals surface area contributed by atoms with Crippen LogP contribution in [0.3, 0.4) is 0 Å². The highest BCUT2D eigenvalue weighted by atomic mass is 32.2. The smallest absolute Gasteiger partial charge is 0.230 e. The van der Waals surface area contributed by atoms with Gasteiger partial charge in [-0.3, -0.25) is 4.79 Å². The molecule has 148 valence electrons. The number of carbonyl (C=O) groups is 1. The summed E-state index contributed by atoms with van der Waals surface area (Å²) in [5, 5.41) is 8.57. The van der Waals surface area contributed by atoms with Gasteiger partial charge in [-0.15, -0.1) is 5.10 Å². The number of thioether (sulfide) groups is 1. The molecule has 1 heterocycles. The highest BCUT2D eigenvalue weighted by molar-refractivity contribution is 7.99. The zero-order chi connectivity index (χ0) is 19.6. The Morgan fingerprint density at radius 1 is 1.07 bits per heavy atom. The standard InChI is InChI=1S/C23H24N4OS/c28-21(24-20-12-6-8-16-7-4-5-11-19(16)20)15-29-23-25-22(17-13-14-17)27(26-23)18-9-2-1-3-10-18/h1-5,7,9-11,17,20H,6,8,12-15H2,(H,24,28)/t20-/m0/s1. The van der Waals surface area contributed by atoms with Crippen molar-refractivity contribution in [1.29, 1.82) is 0 Å². The summed E-state index contributed by atoms with van der Waals surface area (Å²) >= 11 is 1.42. The van der Waals surface area contributed by atoms with Gasteiger partial charge < -0.3 is 5.32 Å². The second-order valence-corrected chi connectivity index (χ2v) is 8.72. The van der Waals surface area contributed by atoms with Crippen molar-refractivity contribution in [2.24, 2.45) is 0 Å². The number of hydrogen-bond donors (Lipinski definition) is 1. The highest BCUT2D eigenvalue weighted by Crippen LogP contribution is 2.40. The van der Waals surface area contributed by atoms with E-state index in [9.17, 15) is 4.79 Å². The summed E-state index contributed by atoms with van der Waals surface area (Å²) in [7, 11) is 0. The van der Waals surface area contributed by atoms with E-state index in [2.05, 4.69) is 34.7 Å². The van der Waals surface area contributed by atoms with E-state index >= 15 is 0 Å². The van der Waals surface area contributed by atoms with Crippen molar-refractivity contribution < 1.29 is 4.79 Å². The summed E-state index contributed by atoms with van der Waals surface area (Å²) in [5.41, 5.74) is 3.64. The molecule has 1 N–H and O–H groups in total. The Bertz CT molecular complexity index is 1010. The fourth-order valence-corrected chi connectivity index (χ4v) is 4.64. The number of para-hydroxylation sites is 1. The minimum absolute atomic E-state index is 0.0423. The van der Waals surface area contributed by atoms with Crippen LogP contribution in [0, 0.1) is 0 Å². The van der Waals surface area contributed by atoms with Crippen LogP contribution in [0.2, 0.25) is 0 Å². The SMILES string of the molecule is O=C(CSc1nc(C2CC2)n(-c2ccccc2)n1)N[C@H]1CCCc2ccccc21. The zero-order valence-electron chi connectivity index (χ0n) is 16.3. The molecule has 5 nitrogen and oxygen atoms in total. The molecule has 0 bridgehead atoms. The van der Waals surface area contributed by atoms with E-state index in [1.165, 1.54) is 22.9 Å². The number of nitrogens with zero attached hydrogens (tertiary/aromatic N) is 3. The summed E-state index contributed by atoms with van der Waals surface area (Å²) in [4.78, 5) is 17.3. The van der Waals surface area contributed by atoms with Gasteiger partial charge in [0.2, 0.25) is 11.1 Å². The second kappa shape index (κ2) is 8.03. The summed E-state index contributed by atoms with van der Waals surface area (Å²) in [6.45, 7) is 0. The number of hydrogen-bond acceptors (Lipinski definition) is 4. The fraction of sp³-hybridized carbons (Fsp3) is 0.348. The maximum absolute atomic E-state index is 12.6. The van der Waals surface area contributed by atoms with Gasteiger partial charge in [0.05, 0.1) is 17.5 Å². The Labute approximate surface area is 174 Å².